The van der Waals surface area contributed by atoms with Gasteiger partial charge in [0.05, 0.1) is 5.56 Å². The number of likely N-dealkylation sites (tertiary alicyclic amines) is 2. The molecule has 0 spiro atoms. The quantitative estimate of drug-likeness (QED) is 0.181. The van der Waals surface area contributed by atoms with E-state index in [4.69, 9.17) is 0 Å². The average molecular weight is 790 g/mol. The summed E-state index contributed by atoms with van der Waals surface area (Å²) in [4.78, 5) is 53.0. The van der Waals surface area contributed by atoms with E-state index in [1.807, 2.05) is 4.90 Å². The highest BCUT2D eigenvalue weighted by Crippen LogP contribution is 2.41. The number of aryl methyl sites for hydroxylation is 1. The number of carbonyl (C=O) groups excluding carboxylic acids is 3. The summed E-state index contributed by atoms with van der Waals surface area (Å²) in [6.45, 7) is 5.37. The minimum Gasteiger partial charge on any atom is -0.405 e. The number of ether oxygens (including phenoxy) is 1. The number of alkyl halides is 6. The van der Waals surface area contributed by atoms with Crippen LogP contribution in [0.15, 0.2) is 47.4 Å². The lowest BCUT2D eigenvalue weighted by Gasteiger charge is -2.36. The predicted octanol–water partition coefficient (Wildman–Crippen LogP) is 6.81. The van der Waals surface area contributed by atoms with Crippen molar-refractivity contribution in [3.05, 3.63) is 80.8 Å². The number of pyridine rings is 1. The van der Waals surface area contributed by atoms with Crippen LogP contribution >= 0.6 is 0 Å². The fourth-order valence-corrected chi connectivity index (χ4v) is 8.02. The van der Waals surface area contributed by atoms with Crippen LogP contribution in [-0.4, -0.2) is 70.7 Å². The Morgan fingerprint density at radius 2 is 1.59 bits per heavy atom. The van der Waals surface area contributed by atoms with Gasteiger partial charge in [-0.15, -0.1) is 13.2 Å². The van der Waals surface area contributed by atoms with E-state index in [0.717, 1.165) is 6.07 Å². The lowest BCUT2D eigenvalue weighted by atomic mass is 9.85. The highest BCUT2D eigenvalue weighted by molar-refractivity contribution is 6.01. The molecule has 302 valence electrons. The highest BCUT2D eigenvalue weighted by atomic mass is 19.4. The van der Waals surface area contributed by atoms with Crippen LogP contribution in [-0.2, 0) is 34.2 Å². The van der Waals surface area contributed by atoms with Crippen molar-refractivity contribution in [3.8, 4) is 16.9 Å². The molecule has 16 heteroatoms. The van der Waals surface area contributed by atoms with Crippen LogP contribution in [0, 0.1) is 19.8 Å². The van der Waals surface area contributed by atoms with E-state index in [0.29, 0.717) is 79.7 Å². The predicted molar refractivity (Wildman–Crippen MR) is 196 cm³/mol. The Labute approximate surface area is 320 Å². The summed E-state index contributed by atoms with van der Waals surface area (Å²) in [5, 5.41) is 5.00. The zero-order valence-corrected chi connectivity index (χ0v) is 31.4. The second kappa shape index (κ2) is 16.3. The molecule has 3 saturated heterocycles. The summed E-state index contributed by atoms with van der Waals surface area (Å²) < 4.78 is 89.1. The van der Waals surface area contributed by atoms with Crippen LogP contribution in [0.2, 0.25) is 0 Å². The molecule has 2 aromatic carbocycles. The van der Waals surface area contributed by atoms with E-state index in [1.165, 1.54) is 22.8 Å². The van der Waals surface area contributed by atoms with Crippen LogP contribution in [0.4, 0.5) is 32.0 Å². The van der Waals surface area contributed by atoms with Gasteiger partial charge in [0.2, 0.25) is 17.7 Å². The number of carbonyl (C=O) groups is 3. The maximum absolute atomic E-state index is 14.2. The number of imide groups is 1. The Bertz CT molecular complexity index is 2030. The van der Waals surface area contributed by atoms with Crippen molar-refractivity contribution < 1.29 is 45.5 Å². The van der Waals surface area contributed by atoms with Gasteiger partial charge in [-0.25, -0.2) is 0 Å². The number of amides is 3. The Balaban J connectivity index is 1.03. The average Bonchev–Trinajstić information content (AvgIpc) is 3.14. The van der Waals surface area contributed by atoms with E-state index < -0.39 is 41.9 Å². The van der Waals surface area contributed by atoms with Gasteiger partial charge in [-0.05, 0) is 106 Å². The number of nitrogens with one attached hydrogen (secondary N) is 2. The molecule has 1 unspecified atom stereocenters. The lowest BCUT2D eigenvalue weighted by Crippen LogP contribution is -2.47. The molecule has 3 amide bonds. The molecule has 0 bridgehead atoms. The molecular formula is C40H45F6N5O5. The Morgan fingerprint density at radius 3 is 2.23 bits per heavy atom. The highest BCUT2D eigenvalue weighted by Gasteiger charge is 2.38. The van der Waals surface area contributed by atoms with Gasteiger partial charge >= 0.3 is 12.5 Å². The zero-order chi connectivity index (χ0) is 40.5. The number of aromatic nitrogens is 1. The van der Waals surface area contributed by atoms with Gasteiger partial charge in [-0.2, -0.15) is 13.2 Å². The van der Waals surface area contributed by atoms with Crippen LogP contribution in [0.5, 0.6) is 5.75 Å². The van der Waals surface area contributed by atoms with Gasteiger partial charge in [-0.1, -0.05) is 18.2 Å². The molecule has 0 aliphatic carbocycles. The van der Waals surface area contributed by atoms with E-state index in [1.54, 1.807) is 44.1 Å². The van der Waals surface area contributed by atoms with Crippen molar-refractivity contribution >= 4 is 23.4 Å². The van der Waals surface area contributed by atoms with Crippen LogP contribution < -0.4 is 20.9 Å². The molecule has 6 rings (SSSR count). The summed E-state index contributed by atoms with van der Waals surface area (Å²) in [6, 6.07) is 7.80. The first-order chi connectivity index (χ1) is 26.4. The normalized spacial score (nSPS) is 19.2. The first-order valence-corrected chi connectivity index (χ1v) is 18.7. The second-order valence-corrected chi connectivity index (χ2v) is 15.1. The molecule has 10 nitrogen and oxygen atoms in total. The molecule has 56 heavy (non-hydrogen) atoms. The van der Waals surface area contributed by atoms with Gasteiger partial charge in [0.25, 0.3) is 5.56 Å². The molecule has 0 radical (unpaired) electrons. The Hall–Kier alpha value is -4.86. The zero-order valence-electron chi connectivity index (χ0n) is 31.4. The Morgan fingerprint density at radius 1 is 0.893 bits per heavy atom. The molecular weight excluding hydrogens is 744 g/mol. The summed E-state index contributed by atoms with van der Waals surface area (Å²) in [5.74, 6) is -1.75. The third kappa shape index (κ3) is 9.56. The molecule has 1 atom stereocenters. The SMILES string of the molecule is Cc1c(-c2ccc(CN3CCC(CC(=O)N4CCC(c5ccc(NC6CCC(=O)NC6=O)cc5C(F)(F)F)CC4)CC3)c(OC(F)(F)F)c2)cn(C)c(=O)c1C. The monoisotopic (exact) mass is 789 g/mol. The molecule has 3 fully saturated rings. The topological polar surface area (TPSA) is 113 Å². The smallest absolute Gasteiger partial charge is 0.405 e. The third-order valence-corrected chi connectivity index (χ3v) is 11.3. The summed E-state index contributed by atoms with van der Waals surface area (Å²) in [7, 11) is 1.59. The molecule has 2 N–H and O–H groups in total. The number of nitrogens with zero attached hydrogens (tertiary/aromatic N) is 3. The Kier molecular flexibility index (Phi) is 11.9. The molecule has 1 aromatic heterocycles. The number of hydrogen-bond acceptors (Lipinski definition) is 7. The number of piperidine rings is 3. The van der Waals surface area contributed by atoms with Crippen LogP contribution in [0.3, 0.4) is 0 Å². The first-order valence-electron chi connectivity index (χ1n) is 18.7. The third-order valence-electron chi connectivity index (χ3n) is 11.3. The number of hydrogen-bond donors (Lipinski definition) is 2. The van der Waals surface area contributed by atoms with Crippen molar-refractivity contribution in [2.45, 2.75) is 89.8 Å². The van der Waals surface area contributed by atoms with Gasteiger partial charge in [0.1, 0.15) is 11.8 Å². The molecule has 4 heterocycles. The maximum atomic E-state index is 14.2. The lowest BCUT2D eigenvalue weighted by molar-refractivity contribution is -0.275. The summed E-state index contributed by atoms with van der Waals surface area (Å²) >= 11 is 0. The number of anilines is 1. The van der Waals surface area contributed by atoms with Crippen molar-refractivity contribution in [2.24, 2.45) is 13.0 Å². The van der Waals surface area contributed by atoms with Gasteiger partial charge in [-0.3, -0.25) is 29.4 Å². The standard InChI is InChI=1S/C40H45F6N5O5/c1-23-24(2)38(55)49(3)22-31(23)27-4-5-28(34(19-27)56-40(44,45)46)21-50-14-10-25(11-15-50)18-36(53)51-16-12-26(13-17-51)30-7-6-29(20-32(30)39(41,42)43)47-33-8-9-35(52)48-37(33)54/h4-7,19-20,22,25-26,33,47H,8-18,21H2,1-3H3,(H,48,52,54). The molecule has 3 aromatic rings. The van der Waals surface area contributed by atoms with E-state index >= 15 is 0 Å². The maximum Gasteiger partial charge on any atom is 0.573 e. The summed E-state index contributed by atoms with van der Waals surface area (Å²) in [6.07, 6.45) is -5.39. The minimum absolute atomic E-state index is 0.0573. The van der Waals surface area contributed by atoms with Crippen molar-refractivity contribution in [2.75, 3.05) is 31.5 Å². The second-order valence-electron chi connectivity index (χ2n) is 15.1. The number of halogens is 6. The van der Waals surface area contributed by atoms with Gasteiger partial charge in [0.15, 0.2) is 0 Å². The van der Waals surface area contributed by atoms with Gasteiger partial charge in [0, 0.05) is 68.1 Å². The number of rotatable bonds is 9. The number of benzene rings is 2. The van der Waals surface area contributed by atoms with E-state index in [9.17, 15) is 45.5 Å². The van der Waals surface area contributed by atoms with Crippen molar-refractivity contribution in [1.82, 2.24) is 19.7 Å². The van der Waals surface area contributed by atoms with Crippen LogP contribution in [0.1, 0.15) is 78.7 Å². The fraction of sp³-hybridized carbons (Fsp3) is 0.500. The van der Waals surface area contributed by atoms with Crippen LogP contribution in [0.25, 0.3) is 11.1 Å². The van der Waals surface area contributed by atoms with Crippen molar-refractivity contribution in [1.29, 1.82) is 0 Å². The molecule has 3 aliphatic heterocycles. The molecule has 0 saturated carbocycles. The van der Waals surface area contributed by atoms with E-state index in [2.05, 4.69) is 15.4 Å². The summed E-state index contributed by atoms with van der Waals surface area (Å²) in [5.41, 5.74) is 1.93. The van der Waals surface area contributed by atoms with Crippen molar-refractivity contribution in [3.63, 3.8) is 0 Å². The van der Waals surface area contributed by atoms with Gasteiger partial charge < -0.3 is 19.5 Å². The minimum atomic E-state index is -4.91. The van der Waals surface area contributed by atoms with E-state index in [-0.39, 0.29) is 60.2 Å². The largest absolute Gasteiger partial charge is 0.573 e. The fourth-order valence-electron chi connectivity index (χ4n) is 8.02. The first kappa shape index (κ1) is 40.8. The molecule has 3 aliphatic rings.